The molecule has 3 aromatic rings. The van der Waals surface area contributed by atoms with Gasteiger partial charge in [-0.1, -0.05) is 0 Å². The van der Waals surface area contributed by atoms with Crippen LogP contribution < -0.4 is 14.8 Å². The van der Waals surface area contributed by atoms with E-state index in [1.165, 1.54) is 0 Å². The highest BCUT2D eigenvalue weighted by atomic mass is 16.5. The summed E-state index contributed by atoms with van der Waals surface area (Å²) in [4.78, 5) is 4.40. The summed E-state index contributed by atoms with van der Waals surface area (Å²) in [6.45, 7) is 0.650. The van der Waals surface area contributed by atoms with Crippen molar-refractivity contribution in [1.29, 1.82) is 0 Å². The Bertz CT molecular complexity index is 741. The number of nitrogens with zero attached hydrogens (tertiary/aromatic N) is 2. The molecule has 2 N–H and O–H groups in total. The van der Waals surface area contributed by atoms with Crippen LogP contribution >= 0.6 is 0 Å². The van der Waals surface area contributed by atoms with E-state index in [0.29, 0.717) is 18.0 Å². The summed E-state index contributed by atoms with van der Waals surface area (Å²) in [5, 5.41) is 12.0. The number of benzene rings is 1. The topological polar surface area (TPSA) is 72.1 Å². The number of nitrogens with one attached hydrogen (secondary N) is 2. The minimum Gasteiger partial charge on any atom is -0.493 e. The molecule has 108 valence electrons. The fraction of sp³-hybridized carbons (Fsp3) is 0.200. The minimum atomic E-state index is 0.650. The number of rotatable bonds is 5. The van der Waals surface area contributed by atoms with Crippen molar-refractivity contribution >= 4 is 16.6 Å². The number of ether oxygens (including phenoxy) is 2. The number of aromatic amines is 1. The van der Waals surface area contributed by atoms with Crippen LogP contribution in [0.1, 0.15) is 5.56 Å². The second kappa shape index (κ2) is 5.70. The van der Waals surface area contributed by atoms with Gasteiger partial charge < -0.3 is 14.8 Å². The molecule has 6 nitrogen and oxygen atoms in total. The largest absolute Gasteiger partial charge is 0.493 e. The second-order valence-corrected chi connectivity index (χ2v) is 4.55. The molecule has 6 heteroatoms. The zero-order valence-corrected chi connectivity index (χ0v) is 11.9. The number of aromatic nitrogens is 3. The van der Waals surface area contributed by atoms with Gasteiger partial charge in [0.2, 0.25) is 0 Å². The van der Waals surface area contributed by atoms with Crippen LogP contribution in [0.2, 0.25) is 0 Å². The number of hydrogen-bond donors (Lipinski definition) is 2. The van der Waals surface area contributed by atoms with Gasteiger partial charge in [0.25, 0.3) is 0 Å². The molecule has 0 saturated heterocycles. The maximum Gasteiger partial charge on any atom is 0.161 e. The van der Waals surface area contributed by atoms with Gasteiger partial charge >= 0.3 is 0 Å². The number of H-pyrrole nitrogens is 1. The van der Waals surface area contributed by atoms with Gasteiger partial charge in [0.1, 0.15) is 5.82 Å². The first-order chi connectivity index (χ1) is 10.3. The standard InChI is InChI=1S/C15H16N4O2/c1-20-13-5-11-3-4-16-15(12(11)6-14(13)21-2)17-7-10-8-18-19-9-10/h3-6,8-9H,7H2,1-2H3,(H,16,17)(H,18,19). The first-order valence-electron chi connectivity index (χ1n) is 6.54. The Morgan fingerprint density at radius 3 is 2.71 bits per heavy atom. The van der Waals surface area contributed by atoms with Crippen LogP contribution in [0.25, 0.3) is 10.8 Å². The van der Waals surface area contributed by atoms with Gasteiger partial charge in [-0.3, -0.25) is 5.10 Å². The molecule has 3 rings (SSSR count). The maximum atomic E-state index is 5.35. The van der Waals surface area contributed by atoms with Gasteiger partial charge in [0.15, 0.2) is 11.5 Å². The Balaban J connectivity index is 1.98. The van der Waals surface area contributed by atoms with E-state index in [2.05, 4.69) is 20.5 Å². The lowest BCUT2D eigenvalue weighted by molar-refractivity contribution is 0.356. The molecule has 0 radical (unpaired) electrons. The maximum absolute atomic E-state index is 5.35. The van der Waals surface area contributed by atoms with Crippen molar-refractivity contribution in [2.75, 3.05) is 19.5 Å². The third-order valence-electron chi connectivity index (χ3n) is 3.28. The highest BCUT2D eigenvalue weighted by Gasteiger charge is 2.09. The van der Waals surface area contributed by atoms with Gasteiger partial charge in [-0.2, -0.15) is 5.10 Å². The third kappa shape index (κ3) is 2.60. The summed E-state index contributed by atoms with van der Waals surface area (Å²) in [6, 6.07) is 5.82. The number of fused-ring (bicyclic) bond motifs is 1. The number of hydrogen-bond acceptors (Lipinski definition) is 5. The molecule has 0 spiro atoms. The molecule has 0 unspecified atom stereocenters. The summed E-state index contributed by atoms with van der Waals surface area (Å²) in [6.07, 6.45) is 5.40. The van der Waals surface area contributed by atoms with Crippen molar-refractivity contribution in [3.63, 3.8) is 0 Å². The van der Waals surface area contributed by atoms with Crippen molar-refractivity contribution in [3.05, 3.63) is 42.4 Å². The molecular weight excluding hydrogens is 268 g/mol. The summed E-state index contributed by atoms with van der Waals surface area (Å²) >= 11 is 0. The van der Waals surface area contributed by atoms with E-state index in [9.17, 15) is 0 Å². The van der Waals surface area contributed by atoms with E-state index in [0.717, 1.165) is 22.2 Å². The number of anilines is 1. The van der Waals surface area contributed by atoms with Gasteiger partial charge in [-0.05, 0) is 23.6 Å². The average Bonchev–Trinajstić information content (AvgIpc) is 3.04. The molecule has 0 aliphatic heterocycles. The van der Waals surface area contributed by atoms with E-state index >= 15 is 0 Å². The molecule has 0 bridgehead atoms. The fourth-order valence-corrected chi connectivity index (χ4v) is 2.20. The summed E-state index contributed by atoms with van der Waals surface area (Å²) in [5.41, 5.74) is 1.06. The quantitative estimate of drug-likeness (QED) is 0.753. The molecule has 1 aromatic carbocycles. The molecule has 0 amide bonds. The predicted molar refractivity (Wildman–Crippen MR) is 80.8 cm³/mol. The smallest absolute Gasteiger partial charge is 0.161 e. The lowest BCUT2D eigenvalue weighted by Gasteiger charge is -2.12. The minimum absolute atomic E-state index is 0.650. The van der Waals surface area contributed by atoms with Crippen molar-refractivity contribution < 1.29 is 9.47 Å². The number of pyridine rings is 1. The van der Waals surface area contributed by atoms with Crippen LogP contribution in [0.3, 0.4) is 0 Å². The van der Waals surface area contributed by atoms with Gasteiger partial charge in [-0.15, -0.1) is 0 Å². The molecular formula is C15H16N4O2. The fourth-order valence-electron chi connectivity index (χ4n) is 2.20. The zero-order chi connectivity index (χ0) is 14.7. The van der Waals surface area contributed by atoms with Crippen molar-refractivity contribution in [2.45, 2.75) is 6.54 Å². The predicted octanol–water partition coefficient (Wildman–Crippen LogP) is 2.59. The molecule has 2 aromatic heterocycles. The summed E-state index contributed by atoms with van der Waals surface area (Å²) in [5.74, 6) is 2.19. The van der Waals surface area contributed by atoms with E-state index < -0.39 is 0 Å². The monoisotopic (exact) mass is 284 g/mol. The van der Waals surface area contributed by atoms with Gasteiger partial charge in [0.05, 0.1) is 20.4 Å². The Morgan fingerprint density at radius 2 is 2.00 bits per heavy atom. The molecule has 0 fully saturated rings. The van der Waals surface area contributed by atoms with Crippen LogP contribution in [-0.4, -0.2) is 29.4 Å². The first kappa shape index (κ1) is 13.2. The molecule has 0 aliphatic rings. The Morgan fingerprint density at radius 1 is 1.19 bits per heavy atom. The highest BCUT2D eigenvalue weighted by molar-refractivity contribution is 5.94. The lowest BCUT2D eigenvalue weighted by atomic mass is 10.1. The van der Waals surface area contributed by atoms with Crippen molar-refractivity contribution in [2.24, 2.45) is 0 Å². The van der Waals surface area contributed by atoms with E-state index in [4.69, 9.17) is 9.47 Å². The highest BCUT2D eigenvalue weighted by Crippen LogP contribution is 2.34. The van der Waals surface area contributed by atoms with Crippen molar-refractivity contribution in [3.8, 4) is 11.5 Å². The molecule has 0 aliphatic carbocycles. The van der Waals surface area contributed by atoms with E-state index in [-0.39, 0.29) is 0 Å². The van der Waals surface area contributed by atoms with Crippen LogP contribution in [0.4, 0.5) is 5.82 Å². The van der Waals surface area contributed by atoms with E-state index in [1.54, 1.807) is 26.6 Å². The molecule has 21 heavy (non-hydrogen) atoms. The summed E-state index contributed by atoms with van der Waals surface area (Å²) in [7, 11) is 3.25. The summed E-state index contributed by atoms with van der Waals surface area (Å²) < 4.78 is 10.7. The number of methoxy groups -OCH3 is 2. The zero-order valence-electron chi connectivity index (χ0n) is 11.9. The second-order valence-electron chi connectivity index (χ2n) is 4.55. The Hall–Kier alpha value is -2.76. The Labute approximate surface area is 122 Å². The Kier molecular flexibility index (Phi) is 3.59. The SMILES string of the molecule is COc1cc2ccnc(NCc3cn[nH]c3)c2cc1OC. The van der Waals surface area contributed by atoms with Crippen LogP contribution in [-0.2, 0) is 6.54 Å². The average molecular weight is 284 g/mol. The lowest BCUT2D eigenvalue weighted by Crippen LogP contribution is -2.01. The van der Waals surface area contributed by atoms with Crippen molar-refractivity contribution in [1.82, 2.24) is 15.2 Å². The van der Waals surface area contributed by atoms with Crippen LogP contribution in [0.5, 0.6) is 11.5 Å². The van der Waals surface area contributed by atoms with Gasteiger partial charge in [0, 0.05) is 29.9 Å². The van der Waals surface area contributed by atoms with Crippen LogP contribution in [0, 0.1) is 0 Å². The van der Waals surface area contributed by atoms with Crippen LogP contribution in [0.15, 0.2) is 36.8 Å². The molecule has 2 heterocycles. The molecule has 0 atom stereocenters. The third-order valence-corrected chi connectivity index (χ3v) is 3.28. The molecule has 0 saturated carbocycles. The first-order valence-corrected chi connectivity index (χ1v) is 6.54. The van der Waals surface area contributed by atoms with E-state index in [1.807, 2.05) is 24.4 Å². The van der Waals surface area contributed by atoms with Gasteiger partial charge in [-0.25, -0.2) is 4.98 Å². The normalized spacial score (nSPS) is 10.6.